The second-order valence-corrected chi connectivity index (χ2v) is 4.69. The predicted molar refractivity (Wildman–Crippen MR) is 68.2 cm³/mol. The third-order valence-corrected chi connectivity index (χ3v) is 2.80. The lowest BCUT2D eigenvalue weighted by Crippen LogP contribution is -2.23. The maximum absolute atomic E-state index is 11.8. The molecule has 18 heavy (non-hydrogen) atoms. The van der Waals surface area contributed by atoms with Gasteiger partial charge in [-0.3, -0.25) is 4.79 Å². The van der Waals surface area contributed by atoms with Gasteiger partial charge in [-0.2, -0.15) is 0 Å². The number of benzene rings is 1. The van der Waals surface area contributed by atoms with Crippen LogP contribution in [0.15, 0.2) is 33.3 Å². The second-order valence-electron chi connectivity index (χ2n) is 3.77. The molecule has 0 saturated carbocycles. The summed E-state index contributed by atoms with van der Waals surface area (Å²) in [7, 11) is 0. The van der Waals surface area contributed by atoms with Gasteiger partial charge in [0.15, 0.2) is 0 Å². The van der Waals surface area contributed by atoms with E-state index in [4.69, 9.17) is 4.52 Å². The lowest BCUT2D eigenvalue weighted by molar-refractivity contribution is 0.0947. The molecule has 1 amide bonds. The monoisotopic (exact) mass is 310 g/mol. The Labute approximate surface area is 112 Å². The summed E-state index contributed by atoms with van der Waals surface area (Å²) in [6, 6.07) is 6.44. The van der Waals surface area contributed by atoms with E-state index in [-0.39, 0.29) is 23.8 Å². The molecular formula is C12H11BrN2O3. The van der Waals surface area contributed by atoms with Crippen LogP contribution < -0.4 is 5.32 Å². The van der Waals surface area contributed by atoms with Crippen LogP contribution in [0.2, 0.25) is 0 Å². The van der Waals surface area contributed by atoms with Crippen molar-refractivity contribution in [1.82, 2.24) is 10.5 Å². The fourth-order valence-corrected chi connectivity index (χ4v) is 1.81. The zero-order valence-electron chi connectivity index (χ0n) is 9.61. The number of nitrogens with zero attached hydrogens (tertiary/aromatic N) is 1. The van der Waals surface area contributed by atoms with Crippen LogP contribution in [0.4, 0.5) is 0 Å². The zero-order chi connectivity index (χ0) is 13.1. The topological polar surface area (TPSA) is 75.4 Å². The van der Waals surface area contributed by atoms with Crippen molar-refractivity contribution in [3.8, 4) is 5.75 Å². The normalized spacial score (nSPS) is 10.3. The number of rotatable bonds is 3. The maximum Gasteiger partial charge on any atom is 0.255 e. The lowest BCUT2D eigenvalue weighted by Gasteiger charge is -2.05. The van der Waals surface area contributed by atoms with E-state index >= 15 is 0 Å². The van der Waals surface area contributed by atoms with Gasteiger partial charge in [0.05, 0.1) is 12.1 Å². The molecule has 1 aromatic heterocycles. The fourth-order valence-electron chi connectivity index (χ4n) is 1.46. The fraction of sp³-hybridized carbons (Fsp3) is 0.167. The Morgan fingerprint density at radius 1 is 1.50 bits per heavy atom. The molecule has 0 radical (unpaired) electrons. The van der Waals surface area contributed by atoms with Crippen LogP contribution in [-0.2, 0) is 6.54 Å². The van der Waals surface area contributed by atoms with Crippen molar-refractivity contribution in [2.24, 2.45) is 0 Å². The first-order chi connectivity index (χ1) is 8.56. The highest BCUT2D eigenvalue weighted by molar-refractivity contribution is 9.10. The average molecular weight is 311 g/mol. The number of halogens is 1. The first-order valence-electron chi connectivity index (χ1n) is 5.25. The van der Waals surface area contributed by atoms with E-state index in [2.05, 4.69) is 26.4 Å². The second kappa shape index (κ2) is 5.22. The number of aromatic nitrogens is 1. The smallest absolute Gasteiger partial charge is 0.255 e. The number of aryl methyl sites for hydroxylation is 1. The Balaban J connectivity index is 2.03. The molecule has 0 atom stereocenters. The zero-order valence-corrected chi connectivity index (χ0v) is 11.2. The van der Waals surface area contributed by atoms with Crippen LogP contribution in [0.5, 0.6) is 5.75 Å². The highest BCUT2D eigenvalue weighted by atomic mass is 79.9. The number of nitrogens with one attached hydrogen (secondary N) is 1. The van der Waals surface area contributed by atoms with Gasteiger partial charge >= 0.3 is 0 Å². The van der Waals surface area contributed by atoms with Crippen molar-refractivity contribution in [2.75, 3.05) is 0 Å². The average Bonchev–Trinajstić information content (AvgIpc) is 2.72. The summed E-state index contributed by atoms with van der Waals surface area (Å²) >= 11 is 3.21. The molecule has 0 fully saturated rings. The molecule has 1 aromatic carbocycles. The summed E-state index contributed by atoms with van der Waals surface area (Å²) in [5, 5.41) is 16.0. The summed E-state index contributed by atoms with van der Waals surface area (Å²) in [6.07, 6.45) is 0. The Morgan fingerprint density at radius 2 is 2.28 bits per heavy atom. The molecule has 5 nitrogen and oxygen atoms in total. The minimum absolute atomic E-state index is 0.0711. The van der Waals surface area contributed by atoms with E-state index in [0.717, 1.165) is 0 Å². The molecule has 0 unspecified atom stereocenters. The highest BCUT2D eigenvalue weighted by Gasteiger charge is 2.11. The van der Waals surface area contributed by atoms with Gasteiger partial charge in [-0.15, -0.1) is 0 Å². The molecule has 2 aromatic rings. The van der Waals surface area contributed by atoms with Crippen LogP contribution in [0.25, 0.3) is 0 Å². The van der Waals surface area contributed by atoms with Crippen molar-refractivity contribution in [3.05, 3.63) is 45.8 Å². The van der Waals surface area contributed by atoms with E-state index in [9.17, 15) is 9.90 Å². The van der Waals surface area contributed by atoms with Crippen LogP contribution in [0.1, 0.15) is 21.8 Å². The molecule has 0 aliphatic rings. The summed E-state index contributed by atoms with van der Waals surface area (Å²) in [5.74, 6) is 0.254. The Morgan fingerprint density at radius 3 is 2.89 bits per heavy atom. The van der Waals surface area contributed by atoms with Crippen molar-refractivity contribution in [3.63, 3.8) is 0 Å². The third-order valence-electron chi connectivity index (χ3n) is 2.31. The summed E-state index contributed by atoms with van der Waals surface area (Å²) in [4.78, 5) is 11.8. The number of carbonyl (C=O) groups excluding carboxylic acids is 1. The van der Waals surface area contributed by atoms with Crippen molar-refractivity contribution < 1.29 is 14.4 Å². The number of amides is 1. The number of phenols is 1. The molecule has 6 heteroatoms. The molecular weight excluding hydrogens is 300 g/mol. The predicted octanol–water partition coefficient (Wildman–Crippen LogP) is 2.38. The Kier molecular flexibility index (Phi) is 3.66. The maximum atomic E-state index is 11.8. The van der Waals surface area contributed by atoms with Gasteiger partial charge in [0, 0.05) is 10.5 Å². The van der Waals surface area contributed by atoms with Gasteiger partial charge in [-0.05, 0) is 25.1 Å². The molecule has 0 aliphatic heterocycles. The van der Waals surface area contributed by atoms with Gasteiger partial charge in [0.1, 0.15) is 17.2 Å². The lowest BCUT2D eigenvalue weighted by atomic mass is 10.2. The van der Waals surface area contributed by atoms with E-state index < -0.39 is 0 Å². The van der Waals surface area contributed by atoms with Gasteiger partial charge < -0.3 is 14.9 Å². The molecule has 0 saturated heterocycles. The molecule has 2 rings (SSSR count). The van der Waals surface area contributed by atoms with Crippen molar-refractivity contribution in [2.45, 2.75) is 13.5 Å². The highest BCUT2D eigenvalue weighted by Crippen LogP contribution is 2.22. The number of phenolic OH excluding ortho intramolecular Hbond substituents is 1. The summed E-state index contributed by atoms with van der Waals surface area (Å²) < 4.78 is 5.60. The van der Waals surface area contributed by atoms with Crippen LogP contribution >= 0.6 is 15.9 Å². The first kappa shape index (κ1) is 12.6. The number of carbonyl (C=O) groups is 1. The van der Waals surface area contributed by atoms with E-state index in [1.54, 1.807) is 25.1 Å². The van der Waals surface area contributed by atoms with E-state index in [0.29, 0.717) is 15.9 Å². The molecule has 0 spiro atoms. The van der Waals surface area contributed by atoms with E-state index in [1.165, 1.54) is 6.07 Å². The largest absolute Gasteiger partial charge is 0.507 e. The summed E-state index contributed by atoms with van der Waals surface area (Å²) in [6.45, 7) is 2.03. The third kappa shape index (κ3) is 2.89. The van der Waals surface area contributed by atoms with Gasteiger partial charge in [-0.1, -0.05) is 21.1 Å². The minimum atomic E-state index is -0.361. The Hall–Kier alpha value is -1.82. The molecule has 0 aliphatic carbocycles. The Bertz CT molecular complexity index is 580. The minimum Gasteiger partial charge on any atom is -0.507 e. The van der Waals surface area contributed by atoms with Crippen molar-refractivity contribution in [1.29, 1.82) is 0 Å². The van der Waals surface area contributed by atoms with Gasteiger partial charge in [-0.25, -0.2) is 0 Å². The molecule has 94 valence electrons. The SMILES string of the molecule is Cc1cc(CNC(=O)c2ccc(Br)cc2O)no1. The summed E-state index contributed by atoms with van der Waals surface area (Å²) in [5.41, 5.74) is 0.857. The van der Waals surface area contributed by atoms with Gasteiger partial charge in [0.2, 0.25) is 0 Å². The van der Waals surface area contributed by atoms with Crippen LogP contribution in [0, 0.1) is 6.92 Å². The number of hydrogen-bond donors (Lipinski definition) is 2. The number of aromatic hydroxyl groups is 1. The number of hydrogen-bond acceptors (Lipinski definition) is 4. The first-order valence-corrected chi connectivity index (χ1v) is 6.04. The van der Waals surface area contributed by atoms with E-state index in [1.807, 2.05) is 0 Å². The standard InChI is InChI=1S/C12H11BrN2O3/c1-7-4-9(15-18-7)6-14-12(17)10-3-2-8(13)5-11(10)16/h2-5,16H,6H2,1H3,(H,14,17). The van der Waals surface area contributed by atoms with Crippen LogP contribution in [-0.4, -0.2) is 16.2 Å². The molecule has 1 heterocycles. The van der Waals surface area contributed by atoms with Crippen LogP contribution in [0.3, 0.4) is 0 Å². The molecule has 2 N–H and O–H groups in total. The van der Waals surface area contributed by atoms with Crippen molar-refractivity contribution >= 4 is 21.8 Å². The molecule has 0 bridgehead atoms. The van der Waals surface area contributed by atoms with Gasteiger partial charge in [0.25, 0.3) is 5.91 Å². The quantitative estimate of drug-likeness (QED) is 0.912.